The van der Waals surface area contributed by atoms with Crippen LogP contribution in [0.25, 0.3) is 0 Å². The van der Waals surface area contributed by atoms with Crippen molar-refractivity contribution in [3.63, 3.8) is 0 Å². The van der Waals surface area contributed by atoms with Gasteiger partial charge in [0, 0.05) is 35.8 Å². The van der Waals surface area contributed by atoms with Crippen LogP contribution in [-0.4, -0.2) is 29.2 Å². The summed E-state index contributed by atoms with van der Waals surface area (Å²) in [6, 6.07) is 12.4. The number of nitro groups is 1. The standard InChI is InChI=1S/C17H13N5O5S/c23-16(20-17-18-7-4-8-19-17)12-9-14(22(24)25)11-15(10-12)28(26,27)21-13-5-2-1-3-6-13/h1-11,21H,(H,18,19,20,23). The first-order valence-corrected chi connectivity index (χ1v) is 9.29. The Balaban J connectivity index is 1.97. The minimum atomic E-state index is -4.16. The topological polar surface area (TPSA) is 144 Å². The molecule has 11 heteroatoms. The van der Waals surface area contributed by atoms with Gasteiger partial charge in [0.25, 0.3) is 21.6 Å². The lowest BCUT2D eigenvalue weighted by atomic mass is 10.2. The first kappa shape index (κ1) is 18.9. The molecule has 10 nitrogen and oxygen atoms in total. The molecule has 2 N–H and O–H groups in total. The van der Waals surface area contributed by atoms with Crippen molar-refractivity contribution in [2.45, 2.75) is 4.90 Å². The normalized spacial score (nSPS) is 10.9. The van der Waals surface area contributed by atoms with Crippen LogP contribution in [0.2, 0.25) is 0 Å². The summed E-state index contributed by atoms with van der Waals surface area (Å²) in [5, 5.41) is 13.6. The number of aromatic nitrogens is 2. The Bertz CT molecular complexity index is 1120. The van der Waals surface area contributed by atoms with E-state index in [9.17, 15) is 23.3 Å². The predicted molar refractivity (Wildman–Crippen MR) is 100 cm³/mol. The summed E-state index contributed by atoms with van der Waals surface area (Å²) >= 11 is 0. The van der Waals surface area contributed by atoms with Gasteiger partial charge < -0.3 is 0 Å². The molecular weight excluding hydrogens is 386 g/mol. The number of sulfonamides is 1. The monoisotopic (exact) mass is 399 g/mol. The van der Waals surface area contributed by atoms with Crippen molar-refractivity contribution in [2.24, 2.45) is 0 Å². The number of carbonyl (C=O) groups is 1. The van der Waals surface area contributed by atoms with E-state index in [1.54, 1.807) is 24.3 Å². The number of para-hydroxylation sites is 1. The van der Waals surface area contributed by atoms with E-state index in [1.165, 1.54) is 24.5 Å². The molecule has 2 aromatic carbocycles. The second-order valence-electron chi connectivity index (χ2n) is 5.47. The number of hydrogen-bond donors (Lipinski definition) is 2. The van der Waals surface area contributed by atoms with E-state index >= 15 is 0 Å². The van der Waals surface area contributed by atoms with Crippen molar-refractivity contribution < 1.29 is 18.1 Å². The molecule has 0 aliphatic rings. The summed E-state index contributed by atoms with van der Waals surface area (Å²) in [5.74, 6) is -0.808. The Labute approximate surface area is 159 Å². The number of nitrogens with zero attached hydrogens (tertiary/aromatic N) is 3. The molecule has 0 saturated heterocycles. The van der Waals surface area contributed by atoms with Gasteiger partial charge in [-0.25, -0.2) is 18.4 Å². The van der Waals surface area contributed by atoms with Crippen LogP contribution in [-0.2, 0) is 10.0 Å². The summed E-state index contributed by atoms with van der Waals surface area (Å²) in [6.45, 7) is 0. The highest BCUT2D eigenvalue weighted by Crippen LogP contribution is 2.23. The maximum atomic E-state index is 12.6. The zero-order valence-corrected chi connectivity index (χ0v) is 15.0. The lowest BCUT2D eigenvalue weighted by molar-refractivity contribution is -0.385. The summed E-state index contributed by atoms with van der Waals surface area (Å²) in [6.07, 6.45) is 2.80. The number of benzene rings is 2. The minimum Gasteiger partial charge on any atom is -0.290 e. The minimum absolute atomic E-state index is 0.0224. The third kappa shape index (κ3) is 4.45. The lowest BCUT2D eigenvalue weighted by Crippen LogP contribution is -2.17. The number of non-ortho nitro benzene ring substituents is 1. The van der Waals surface area contributed by atoms with Crippen LogP contribution < -0.4 is 10.0 Å². The summed E-state index contributed by atoms with van der Waals surface area (Å²) in [4.78, 5) is 30.0. The molecule has 3 aromatic rings. The molecule has 1 amide bonds. The quantitative estimate of drug-likeness (QED) is 0.478. The van der Waals surface area contributed by atoms with Crippen molar-refractivity contribution in [1.29, 1.82) is 0 Å². The van der Waals surface area contributed by atoms with Crippen LogP contribution in [0.3, 0.4) is 0 Å². The third-order valence-corrected chi connectivity index (χ3v) is 4.85. The second kappa shape index (κ2) is 7.80. The van der Waals surface area contributed by atoms with E-state index in [4.69, 9.17) is 0 Å². The molecule has 0 radical (unpaired) electrons. The molecular formula is C17H13N5O5S. The lowest BCUT2D eigenvalue weighted by Gasteiger charge is -2.10. The SMILES string of the molecule is O=C(Nc1ncccn1)c1cc([N+](=O)[O-])cc(S(=O)(=O)Nc2ccccc2)c1. The molecule has 0 atom stereocenters. The van der Waals surface area contributed by atoms with Gasteiger partial charge in [-0.3, -0.25) is 24.9 Å². The number of carbonyl (C=O) groups excluding carboxylic acids is 1. The van der Waals surface area contributed by atoms with Gasteiger partial charge in [0.1, 0.15) is 0 Å². The van der Waals surface area contributed by atoms with Gasteiger partial charge in [0.15, 0.2) is 0 Å². The Hall–Kier alpha value is -3.86. The van der Waals surface area contributed by atoms with Crippen LogP contribution in [0.4, 0.5) is 17.3 Å². The average molecular weight is 399 g/mol. The number of anilines is 2. The number of hydrogen-bond acceptors (Lipinski definition) is 7. The van der Waals surface area contributed by atoms with Crippen LogP contribution in [0.15, 0.2) is 71.9 Å². The second-order valence-corrected chi connectivity index (χ2v) is 7.15. The number of nitrogens with one attached hydrogen (secondary N) is 2. The fourth-order valence-electron chi connectivity index (χ4n) is 2.23. The molecule has 0 saturated carbocycles. The van der Waals surface area contributed by atoms with Crippen molar-refractivity contribution >= 4 is 33.3 Å². The molecule has 0 aliphatic carbocycles. The van der Waals surface area contributed by atoms with E-state index in [0.29, 0.717) is 0 Å². The van der Waals surface area contributed by atoms with Crippen molar-refractivity contribution in [2.75, 3.05) is 10.0 Å². The van der Waals surface area contributed by atoms with Crippen LogP contribution in [0, 0.1) is 10.1 Å². The van der Waals surface area contributed by atoms with E-state index in [0.717, 1.165) is 18.2 Å². The van der Waals surface area contributed by atoms with Crippen LogP contribution >= 0.6 is 0 Å². The molecule has 142 valence electrons. The fourth-order valence-corrected chi connectivity index (χ4v) is 3.35. The maximum Gasteiger partial charge on any atom is 0.271 e. The van der Waals surface area contributed by atoms with Gasteiger partial charge in [-0.05, 0) is 24.3 Å². The number of rotatable bonds is 6. The Morgan fingerprint density at radius 3 is 2.32 bits per heavy atom. The number of amides is 1. The highest BCUT2D eigenvalue weighted by molar-refractivity contribution is 7.92. The first-order valence-electron chi connectivity index (χ1n) is 7.81. The zero-order valence-electron chi connectivity index (χ0n) is 14.1. The van der Waals surface area contributed by atoms with Gasteiger partial charge in [0.2, 0.25) is 5.95 Å². The number of nitro benzene ring substituents is 1. The molecule has 28 heavy (non-hydrogen) atoms. The Morgan fingerprint density at radius 1 is 1.00 bits per heavy atom. The maximum absolute atomic E-state index is 12.6. The molecule has 0 aliphatic heterocycles. The van der Waals surface area contributed by atoms with E-state index in [1.807, 2.05) is 0 Å². The van der Waals surface area contributed by atoms with Crippen molar-refractivity contribution in [1.82, 2.24) is 9.97 Å². The van der Waals surface area contributed by atoms with E-state index in [-0.39, 0.29) is 17.2 Å². The fraction of sp³-hybridized carbons (Fsp3) is 0. The Kier molecular flexibility index (Phi) is 5.27. The van der Waals surface area contributed by atoms with Gasteiger partial charge in [0.05, 0.1) is 9.82 Å². The highest BCUT2D eigenvalue weighted by Gasteiger charge is 2.22. The predicted octanol–water partition coefficient (Wildman–Crippen LogP) is 2.44. The molecule has 0 spiro atoms. The zero-order chi connectivity index (χ0) is 20.1. The molecule has 1 aromatic heterocycles. The molecule has 0 unspecified atom stereocenters. The molecule has 0 fully saturated rings. The van der Waals surface area contributed by atoms with E-state index in [2.05, 4.69) is 20.0 Å². The average Bonchev–Trinajstić information content (AvgIpc) is 2.69. The first-order chi connectivity index (χ1) is 13.3. The van der Waals surface area contributed by atoms with Gasteiger partial charge >= 0.3 is 0 Å². The molecule has 1 heterocycles. The van der Waals surface area contributed by atoms with Gasteiger partial charge in [-0.2, -0.15) is 0 Å². The largest absolute Gasteiger partial charge is 0.290 e. The van der Waals surface area contributed by atoms with Crippen molar-refractivity contribution in [3.05, 3.63) is 82.7 Å². The molecule has 3 rings (SSSR count). The van der Waals surface area contributed by atoms with Crippen molar-refractivity contribution in [3.8, 4) is 0 Å². The smallest absolute Gasteiger partial charge is 0.271 e. The summed E-state index contributed by atoms with van der Waals surface area (Å²) < 4.78 is 27.5. The van der Waals surface area contributed by atoms with Crippen LogP contribution in [0.1, 0.15) is 10.4 Å². The summed E-state index contributed by atoms with van der Waals surface area (Å²) in [7, 11) is -4.16. The van der Waals surface area contributed by atoms with Gasteiger partial charge in [-0.15, -0.1) is 0 Å². The van der Waals surface area contributed by atoms with Gasteiger partial charge in [-0.1, -0.05) is 18.2 Å². The van der Waals surface area contributed by atoms with Crippen LogP contribution in [0.5, 0.6) is 0 Å². The highest BCUT2D eigenvalue weighted by atomic mass is 32.2. The molecule has 0 bridgehead atoms. The summed E-state index contributed by atoms with van der Waals surface area (Å²) in [5.41, 5.74) is -0.497. The van der Waals surface area contributed by atoms with E-state index < -0.39 is 31.4 Å². The third-order valence-electron chi connectivity index (χ3n) is 3.49. The Morgan fingerprint density at radius 2 is 1.68 bits per heavy atom.